The van der Waals surface area contributed by atoms with Crippen molar-refractivity contribution in [2.75, 3.05) is 20.2 Å². The van der Waals surface area contributed by atoms with Gasteiger partial charge in [0.2, 0.25) is 0 Å². The van der Waals surface area contributed by atoms with Crippen LogP contribution in [0.1, 0.15) is 38.7 Å². The maximum atomic E-state index is 11.6. The van der Waals surface area contributed by atoms with E-state index in [1.54, 1.807) is 7.05 Å². The zero-order valence-corrected chi connectivity index (χ0v) is 18.2. The van der Waals surface area contributed by atoms with Gasteiger partial charge < -0.3 is 20.7 Å². The fraction of sp³-hybridized carbons (Fsp3) is 0.579. The van der Waals surface area contributed by atoms with Crippen molar-refractivity contribution in [2.45, 2.75) is 51.6 Å². The van der Waals surface area contributed by atoms with E-state index in [-0.39, 0.29) is 36.5 Å². The molecule has 0 saturated heterocycles. The first-order chi connectivity index (χ1) is 12.1. The van der Waals surface area contributed by atoms with Gasteiger partial charge in [0.25, 0.3) is 5.91 Å². The zero-order chi connectivity index (χ0) is 18.1. The lowest BCUT2D eigenvalue weighted by Crippen LogP contribution is -2.42. The van der Waals surface area contributed by atoms with Crippen molar-refractivity contribution in [3.63, 3.8) is 0 Å². The lowest BCUT2D eigenvalue weighted by molar-refractivity contribution is -0.123. The third-order valence-electron chi connectivity index (χ3n) is 4.16. The number of nitrogens with one attached hydrogen (secondary N) is 3. The summed E-state index contributed by atoms with van der Waals surface area (Å²) in [4.78, 5) is 15.8. The number of rotatable bonds is 9. The molecule has 7 heteroatoms. The molecule has 0 bridgehead atoms. The van der Waals surface area contributed by atoms with Gasteiger partial charge in [0.1, 0.15) is 5.75 Å². The molecule has 1 unspecified atom stereocenters. The first-order valence-electron chi connectivity index (χ1n) is 9.09. The molecule has 0 heterocycles. The van der Waals surface area contributed by atoms with E-state index in [4.69, 9.17) is 4.74 Å². The van der Waals surface area contributed by atoms with Crippen LogP contribution in [0.3, 0.4) is 0 Å². The molecular weight excluding hydrogens is 443 g/mol. The van der Waals surface area contributed by atoms with Gasteiger partial charge in [-0.15, -0.1) is 24.0 Å². The number of hydrogen-bond donors (Lipinski definition) is 3. The van der Waals surface area contributed by atoms with Crippen LogP contribution in [-0.2, 0) is 11.2 Å². The van der Waals surface area contributed by atoms with Gasteiger partial charge in [-0.3, -0.25) is 9.79 Å². The maximum absolute atomic E-state index is 11.6. The Morgan fingerprint density at radius 1 is 1.31 bits per heavy atom. The second-order valence-corrected chi connectivity index (χ2v) is 6.48. The third kappa shape index (κ3) is 8.73. The highest BCUT2D eigenvalue weighted by Gasteiger charge is 2.23. The standard InChI is InChI=1S/C19H30N4O2.HI/c1-4-14(2)22-19(20-3)21-12-11-15-5-9-17(10-6-15)25-13-18(24)23-16-7-8-16;/h5-6,9-10,14,16H,4,7-8,11-13H2,1-3H3,(H,23,24)(H2,20,21,22);1H. The van der Waals surface area contributed by atoms with Gasteiger partial charge in [0.15, 0.2) is 12.6 Å². The summed E-state index contributed by atoms with van der Waals surface area (Å²) in [6.45, 7) is 5.16. The van der Waals surface area contributed by atoms with E-state index in [1.165, 1.54) is 5.56 Å². The van der Waals surface area contributed by atoms with Crippen molar-refractivity contribution < 1.29 is 9.53 Å². The molecule has 1 fully saturated rings. The van der Waals surface area contributed by atoms with Crippen molar-refractivity contribution in [2.24, 2.45) is 4.99 Å². The van der Waals surface area contributed by atoms with Crippen LogP contribution in [0.2, 0.25) is 0 Å². The first kappa shape index (κ1) is 22.5. The molecule has 3 N–H and O–H groups in total. The Kier molecular flexibility index (Phi) is 10.4. The molecule has 0 spiro atoms. The molecular formula is C19H31IN4O2. The largest absolute Gasteiger partial charge is 0.484 e. The molecule has 1 aliphatic carbocycles. The normalized spacial score (nSPS) is 14.8. The van der Waals surface area contributed by atoms with Crippen LogP contribution >= 0.6 is 24.0 Å². The second-order valence-electron chi connectivity index (χ2n) is 6.48. The van der Waals surface area contributed by atoms with E-state index in [0.29, 0.717) is 12.1 Å². The topological polar surface area (TPSA) is 74.8 Å². The number of carbonyl (C=O) groups is 1. The number of carbonyl (C=O) groups excluding carboxylic acids is 1. The molecule has 0 radical (unpaired) electrons. The van der Waals surface area contributed by atoms with Crippen LogP contribution in [0.4, 0.5) is 0 Å². The van der Waals surface area contributed by atoms with Crippen LogP contribution in [0.25, 0.3) is 0 Å². The average Bonchev–Trinajstić information content (AvgIpc) is 3.43. The van der Waals surface area contributed by atoms with Gasteiger partial charge in [-0.2, -0.15) is 0 Å². The summed E-state index contributed by atoms with van der Waals surface area (Å²) in [5, 5.41) is 9.56. The monoisotopic (exact) mass is 474 g/mol. The van der Waals surface area contributed by atoms with Gasteiger partial charge in [-0.05, 0) is 50.3 Å². The molecule has 2 rings (SSSR count). The number of ether oxygens (including phenoxy) is 1. The van der Waals surface area contributed by atoms with E-state index in [0.717, 1.165) is 43.9 Å². The predicted molar refractivity (Wildman–Crippen MR) is 116 cm³/mol. The van der Waals surface area contributed by atoms with Crippen LogP contribution in [-0.4, -0.2) is 44.1 Å². The Hall–Kier alpha value is -1.51. The second kappa shape index (κ2) is 12.0. The minimum absolute atomic E-state index is 0. The predicted octanol–water partition coefficient (Wildman–Crippen LogP) is 2.47. The summed E-state index contributed by atoms with van der Waals surface area (Å²) >= 11 is 0. The molecule has 1 saturated carbocycles. The van der Waals surface area contributed by atoms with Gasteiger partial charge in [0, 0.05) is 25.7 Å². The minimum atomic E-state index is -0.0454. The number of nitrogens with zero attached hydrogens (tertiary/aromatic N) is 1. The summed E-state index contributed by atoms with van der Waals surface area (Å²) in [6.07, 6.45) is 4.13. The molecule has 1 amide bonds. The van der Waals surface area contributed by atoms with E-state index in [2.05, 4.69) is 34.8 Å². The molecule has 26 heavy (non-hydrogen) atoms. The smallest absolute Gasteiger partial charge is 0.258 e. The third-order valence-corrected chi connectivity index (χ3v) is 4.16. The molecule has 1 aromatic rings. The lowest BCUT2D eigenvalue weighted by Gasteiger charge is -2.16. The van der Waals surface area contributed by atoms with Gasteiger partial charge >= 0.3 is 0 Å². The molecule has 1 aromatic carbocycles. The SMILES string of the molecule is CCC(C)NC(=NC)NCCc1ccc(OCC(=O)NC2CC2)cc1.I. The summed E-state index contributed by atoms with van der Waals surface area (Å²) < 4.78 is 5.51. The van der Waals surface area contributed by atoms with Crippen molar-refractivity contribution in [3.05, 3.63) is 29.8 Å². The fourth-order valence-electron chi connectivity index (χ4n) is 2.25. The van der Waals surface area contributed by atoms with E-state index in [1.807, 2.05) is 24.3 Å². The fourth-order valence-corrected chi connectivity index (χ4v) is 2.25. The summed E-state index contributed by atoms with van der Waals surface area (Å²) in [7, 11) is 1.78. The summed E-state index contributed by atoms with van der Waals surface area (Å²) in [6, 6.07) is 8.65. The highest BCUT2D eigenvalue weighted by atomic mass is 127. The van der Waals surface area contributed by atoms with Crippen molar-refractivity contribution in [1.82, 2.24) is 16.0 Å². The molecule has 146 valence electrons. The lowest BCUT2D eigenvalue weighted by atomic mass is 10.1. The Labute approximate surface area is 173 Å². The molecule has 1 atom stereocenters. The van der Waals surface area contributed by atoms with E-state index in [9.17, 15) is 4.79 Å². The molecule has 0 aromatic heterocycles. The number of aliphatic imine (C=N–C) groups is 1. The van der Waals surface area contributed by atoms with Crippen LogP contribution < -0.4 is 20.7 Å². The Morgan fingerprint density at radius 2 is 2.00 bits per heavy atom. The summed E-state index contributed by atoms with van der Waals surface area (Å²) in [5.41, 5.74) is 1.21. The molecule has 1 aliphatic rings. The first-order valence-corrected chi connectivity index (χ1v) is 9.09. The molecule has 6 nitrogen and oxygen atoms in total. The van der Waals surface area contributed by atoms with Crippen LogP contribution in [0.5, 0.6) is 5.75 Å². The number of halogens is 1. The zero-order valence-electron chi connectivity index (χ0n) is 15.9. The van der Waals surface area contributed by atoms with Crippen LogP contribution in [0, 0.1) is 0 Å². The van der Waals surface area contributed by atoms with Gasteiger partial charge in [-0.1, -0.05) is 19.1 Å². The molecule has 0 aliphatic heterocycles. The number of hydrogen-bond acceptors (Lipinski definition) is 3. The van der Waals surface area contributed by atoms with Gasteiger partial charge in [-0.25, -0.2) is 0 Å². The van der Waals surface area contributed by atoms with Crippen molar-refractivity contribution in [1.29, 1.82) is 0 Å². The Balaban J connectivity index is 0.00000338. The Morgan fingerprint density at radius 3 is 2.58 bits per heavy atom. The Bertz CT molecular complexity index is 573. The van der Waals surface area contributed by atoms with Gasteiger partial charge in [0.05, 0.1) is 0 Å². The maximum Gasteiger partial charge on any atom is 0.258 e. The van der Waals surface area contributed by atoms with Crippen molar-refractivity contribution in [3.8, 4) is 5.75 Å². The minimum Gasteiger partial charge on any atom is -0.484 e. The number of benzene rings is 1. The van der Waals surface area contributed by atoms with E-state index >= 15 is 0 Å². The van der Waals surface area contributed by atoms with E-state index < -0.39 is 0 Å². The highest BCUT2D eigenvalue weighted by Crippen LogP contribution is 2.18. The number of amides is 1. The average molecular weight is 474 g/mol. The van der Waals surface area contributed by atoms with Crippen molar-refractivity contribution >= 4 is 35.8 Å². The summed E-state index contributed by atoms with van der Waals surface area (Å²) in [5.74, 6) is 1.50. The van der Waals surface area contributed by atoms with Crippen LogP contribution in [0.15, 0.2) is 29.3 Å². The number of guanidine groups is 1. The quantitative estimate of drug-likeness (QED) is 0.292. The highest BCUT2D eigenvalue weighted by molar-refractivity contribution is 14.0.